The highest BCUT2D eigenvalue weighted by Gasteiger charge is 2.19. The number of benzene rings is 1. The van der Waals surface area contributed by atoms with Crippen LogP contribution in [0.15, 0.2) is 18.2 Å². The van der Waals surface area contributed by atoms with Crippen LogP contribution in [0.5, 0.6) is 0 Å². The second-order valence-corrected chi connectivity index (χ2v) is 5.02. The van der Waals surface area contributed by atoms with Gasteiger partial charge in [-0.25, -0.2) is 4.79 Å². The molecule has 0 unspecified atom stereocenters. The third kappa shape index (κ3) is 2.03. The van der Waals surface area contributed by atoms with Crippen LogP contribution >= 0.6 is 0 Å². The van der Waals surface area contributed by atoms with Gasteiger partial charge >= 0.3 is 5.97 Å². The minimum Gasteiger partial charge on any atom is -0.478 e. The number of ketones is 1. The summed E-state index contributed by atoms with van der Waals surface area (Å²) in [7, 11) is 0. The number of carbonyl (C=O) groups excluding carboxylic acids is 1. The lowest BCUT2D eigenvalue weighted by molar-refractivity contribution is 0.0696. The highest BCUT2D eigenvalue weighted by atomic mass is 16.4. The van der Waals surface area contributed by atoms with Crippen LogP contribution in [0.2, 0.25) is 0 Å². The number of aromatic carboxylic acids is 1. The largest absolute Gasteiger partial charge is 0.478 e. The van der Waals surface area contributed by atoms with Crippen LogP contribution < -0.4 is 0 Å². The topological polar surface area (TPSA) is 59.3 Å². The molecular formula is C15H17NO3. The van der Waals surface area contributed by atoms with Gasteiger partial charge in [-0.2, -0.15) is 0 Å². The van der Waals surface area contributed by atoms with E-state index in [1.54, 1.807) is 18.2 Å². The molecule has 1 aromatic heterocycles. The van der Waals surface area contributed by atoms with E-state index in [0.717, 1.165) is 16.6 Å². The maximum atomic E-state index is 11.8. The minimum atomic E-state index is -0.980. The second kappa shape index (κ2) is 4.53. The third-order valence-corrected chi connectivity index (χ3v) is 3.36. The second-order valence-electron chi connectivity index (χ2n) is 5.02. The third-order valence-electron chi connectivity index (χ3n) is 3.36. The van der Waals surface area contributed by atoms with Crippen molar-refractivity contribution in [3.05, 3.63) is 35.0 Å². The molecule has 4 heteroatoms. The van der Waals surface area contributed by atoms with Gasteiger partial charge in [-0.15, -0.1) is 0 Å². The first-order valence-corrected chi connectivity index (χ1v) is 6.23. The van der Waals surface area contributed by atoms with Crippen LogP contribution in [-0.4, -0.2) is 21.4 Å². The molecule has 2 aromatic rings. The van der Waals surface area contributed by atoms with Gasteiger partial charge in [0.05, 0.1) is 5.56 Å². The molecule has 0 aliphatic carbocycles. The Bertz CT molecular complexity index is 680. The van der Waals surface area contributed by atoms with E-state index in [-0.39, 0.29) is 17.4 Å². The fourth-order valence-electron chi connectivity index (χ4n) is 2.69. The fourth-order valence-corrected chi connectivity index (χ4v) is 2.69. The van der Waals surface area contributed by atoms with Crippen LogP contribution in [-0.2, 0) is 0 Å². The van der Waals surface area contributed by atoms with Gasteiger partial charge in [-0.05, 0) is 45.9 Å². The van der Waals surface area contributed by atoms with E-state index in [0.29, 0.717) is 5.56 Å². The molecule has 0 radical (unpaired) electrons. The average molecular weight is 259 g/mol. The molecule has 0 aliphatic rings. The minimum absolute atomic E-state index is 0.0376. The van der Waals surface area contributed by atoms with Gasteiger partial charge in [0.2, 0.25) is 0 Å². The van der Waals surface area contributed by atoms with Crippen LogP contribution in [0.4, 0.5) is 0 Å². The van der Waals surface area contributed by atoms with E-state index in [9.17, 15) is 9.59 Å². The molecule has 0 atom stereocenters. The van der Waals surface area contributed by atoms with Crippen molar-refractivity contribution in [1.82, 2.24) is 4.57 Å². The van der Waals surface area contributed by atoms with Gasteiger partial charge in [-0.3, -0.25) is 4.79 Å². The summed E-state index contributed by atoms with van der Waals surface area (Å²) < 4.78 is 2.07. The smallest absolute Gasteiger partial charge is 0.335 e. The Morgan fingerprint density at radius 1 is 1.26 bits per heavy atom. The van der Waals surface area contributed by atoms with E-state index in [4.69, 9.17) is 5.11 Å². The first kappa shape index (κ1) is 13.3. The summed E-state index contributed by atoms with van der Waals surface area (Å²) in [6.45, 7) is 7.50. The standard InChI is InChI=1S/C15H17NO3/c1-8(2)16-9(3)14(10(4)17)12-7-11(15(18)19)5-6-13(12)16/h5-8H,1-4H3,(H,18,19). The molecule has 1 heterocycles. The zero-order valence-electron chi connectivity index (χ0n) is 11.5. The summed E-state index contributed by atoms with van der Waals surface area (Å²) in [5.74, 6) is -1.02. The molecule has 0 bridgehead atoms. The van der Waals surface area contributed by atoms with Crippen molar-refractivity contribution in [3.63, 3.8) is 0 Å². The lowest BCUT2D eigenvalue weighted by Crippen LogP contribution is -2.04. The first-order chi connectivity index (χ1) is 8.84. The van der Waals surface area contributed by atoms with Crippen LogP contribution in [0.25, 0.3) is 10.9 Å². The van der Waals surface area contributed by atoms with Crippen molar-refractivity contribution >= 4 is 22.7 Å². The molecule has 0 amide bonds. The van der Waals surface area contributed by atoms with E-state index in [2.05, 4.69) is 4.57 Å². The molecule has 0 aliphatic heterocycles. The van der Waals surface area contributed by atoms with E-state index in [1.807, 2.05) is 20.8 Å². The lowest BCUT2D eigenvalue weighted by Gasteiger charge is -2.12. The summed E-state index contributed by atoms with van der Waals surface area (Å²) in [6.07, 6.45) is 0. The number of carboxylic acid groups (broad SMARTS) is 1. The molecule has 0 fully saturated rings. The molecule has 0 spiro atoms. The number of fused-ring (bicyclic) bond motifs is 1. The maximum absolute atomic E-state index is 11.8. The van der Waals surface area contributed by atoms with Gasteiger partial charge < -0.3 is 9.67 Å². The Hall–Kier alpha value is -2.10. The van der Waals surface area contributed by atoms with E-state index < -0.39 is 5.97 Å². The molecular weight excluding hydrogens is 242 g/mol. The number of hydrogen-bond donors (Lipinski definition) is 1. The number of carboxylic acids is 1. The van der Waals surface area contributed by atoms with Gasteiger partial charge in [-0.1, -0.05) is 0 Å². The highest BCUT2D eigenvalue weighted by molar-refractivity contribution is 6.09. The SMILES string of the molecule is CC(=O)c1c(C)n(C(C)C)c2ccc(C(=O)O)cc12. The summed E-state index contributed by atoms with van der Waals surface area (Å²) in [6, 6.07) is 5.15. The van der Waals surface area contributed by atoms with Crippen molar-refractivity contribution < 1.29 is 14.7 Å². The van der Waals surface area contributed by atoms with Crippen LogP contribution in [0.3, 0.4) is 0 Å². The molecule has 4 nitrogen and oxygen atoms in total. The number of Topliss-reactive ketones (excluding diaryl/α,β-unsaturated/α-hetero) is 1. The van der Waals surface area contributed by atoms with Crippen molar-refractivity contribution in [3.8, 4) is 0 Å². The molecule has 0 saturated carbocycles. The molecule has 0 saturated heterocycles. The van der Waals surface area contributed by atoms with Gasteiger partial charge in [0.1, 0.15) is 0 Å². The van der Waals surface area contributed by atoms with Gasteiger partial charge in [0.15, 0.2) is 5.78 Å². The van der Waals surface area contributed by atoms with Crippen molar-refractivity contribution in [1.29, 1.82) is 0 Å². The number of rotatable bonds is 3. The Kier molecular flexibility index (Phi) is 3.18. The Morgan fingerprint density at radius 3 is 2.37 bits per heavy atom. The number of nitrogens with zero attached hydrogens (tertiary/aromatic N) is 1. The van der Waals surface area contributed by atoms with E-state index in [1.165, 1.54) is 6.92 Å². The average Bonchev–Trinajstić information content (AvgIpc) is 2.59. The van der Waals surface area contributed by atoms with Crippen molar-refractivity contribution in [2.75, 3.05) is 0 Å². The number of aromatic nitrogens is 1. The highest BCUT2D eigenvalue weighted by Crippen LogP contribution is 2.30. The zero-order chi connectivity index (χ0) is 14.3. The Balaban J connectivity index is 2.90. The zero-order valence-corrected chi connectivity index (χ0v) is 11.5. The summed E-state index contributed by atoms with van der Waals surface area (Å²) >= 11 is 0. The normalized spacial score (nSPS) is 11.2. The van der Waals surface area contributed by atoms with Gasteiger partial charge in [0, 0.05) is 28.2 Å². The Morgan fingerprint density at radius 2 is 1.89 bits per heavy atom. The summed E-state index contributed by atoms with van der Waals surface area (Å²) in [5, 5.41) is 9.79. The number of carbonyl (C=O) groups is 2. The first-order valence-electron chi connectivity index (χ1n) is 6.23. The monoisotopic (exact) mass is 259 g/mol. The molecule has 2 rings (SSSR count). The van der Waals surface area contributed by atoms with Gasteiger partial charge in [0.25, 0.3) is 0 Å². The van der Waals surface area contributed by atoms with Crippen molar-refractivity contribution in [2.24, 2.45) is 0 Å². The van der Waals surface area contributed by atoms with Crippen LogP contribution in [0, 0.1) is 6.92 Å². The lowest BCUT2D eigenvalue weighted by atomic mass is 10.1. The molecule has 19 heavy (non-hydrogen) atoms. The quantitative estimate of drug-likeness (QED) is 0.859. The predicted octanol–water partition coefficient (Wildman–Crippen LogP) is 3.43. The summed E-state index contributed by atoms with van der Waals surface area (Å²) in [4.78, 5) is 22.9. The van der Waals surface area contributed by atoms with Crippen molar-refractivity contribution in [2.45, 2.75) is 33.7 Å². The van der Waals surface area contributed by atoms with Crippen LogP contribution in [0.1, 0.15) is 53.2 Å². The maximum Gasteiger partial charge on any atom is 0.335 e. The molecule has 1 N–H and O–H groups in total. The number of hydrogen-bond acceptors (Lipinski definition) is 2. The molecule has 100 valence electrons. The predicted molar refractivity (Wildman–Crippen MR) is 74.0 cm³/mol. The Labute approximate surface area is 111 Å². The summed E-state index contributed by atoms with van der Waals surface area (Å²) in [5.41, 5.74) is 2.62. The van der Waals surface area contributed by atoms with E-state index >= 15 is 0 Å². The fraction of sp³-hybridized carbons (Fsp3) is 0.333. The molecule has 1 aromatic carbocycles.